The molecule has 1 aromatic heterocycles. The van der Waals surface area contributed by atoms with Crippen LogP contribution in [0.25, 0.3) is 0 Å². The van der Waals surface area contributed by atoms with E-state index in [0.29, 0.717) is 48.7 Å². The van der Waals surface area contributed by atoms with Gasteiger partial charge in [-0.3, -0.25) is 4.79 Å². The number of aromatic nitrogens is 1. The van der Waals surface area contributed by atoms with Crippen molar-refractivity contribution in [2.75, 3.05) is 44.3 Å². The molecule has 5 nitrogen and oxygen atoms in total. The van der Waals surface area contributed by atoms with Crippen LogP contribution in [0, 0.1) is 11.8 Å². The molecule has 2 saturated heterocycles. The van der Waals surface area contributed by atoms with Crippen LogP contribution in [-0.4, -0.2) is 55.2 Å². The Balaban J connectivity index is 1.49. The summed E-state index contributed by atoms with van der Waals surface area (Å²) in [7, 11) is 0. The molecular formula is C18H22ClN3O2. The van der Waals surface area contributed by atoms with E-state index in [9.17, 15) is 4.79 Å². The lowest BCUT2D eigenvalue weighted by Gasteiger charge is -2.27. The summed E-state index contributed by atoms with van der Waals surface area (Å²) in [6.45, 7) is 4.43. The summed E-state index contributed by atoms with van der Waals surface area (Å²) in [6, 6.07) is 1.77. The van der Waals surface area contributed by atoms with E-state index in [2.05, 4.69) is 22.0 Å². The molecule has 2 unspecified atom stereocenters. The zero-order valence-electron chi connectivity index (χ0n) is 13.7. The van der Waals surface area contributed by atoms with Gasteiger partial charge in [-0.15, -0.1) is 0 Å². The van der Waals surface area contributed by atoms with Gasteiger partial charge in [0.1, 0.15) is 5.82 Å². The van der Waals surface area contributed by atoms with E-state index >= 15 is 0 Å². The van der Waals surface area contributed by atoms with Gasteiger partial charge in [-0.2, -0.15) is 0 Å². The summed E-state index contributed by atoms with van der Waals surface area (Å²) < 4.78 is 5.30. The number of carbonyl (C=O) groups excluding carboxylic acids is 1. The first-order valence-corrected chi connectivity index (χ1v) is 9.02. The molecule has 1 aliphatic carbocycles. The number of fused-ring (bicyclic) bond motifs is 1. The highest BCUT2D eigenvalue weighted by molar-refractivity contribution is 6.33. The van der Waals surface area contributed by atoms with Gasteiger partial charge in [0.2, 0.25) is 0 Å². The molecule has 0 spiro atoms. The van der Waals surface area contributed by atoms with Gasteiger partial charge in [0, 0.05) is 32.4 Å². The Morgan fingerprint density at radius 3 is 2.46 bits per heavy atom. The van der Waals surface area contributed by atoms with Crippen molar-refractivity contribution in [3.63, 3.8) is 0 Å². The first-order valence-electron chi connectivity index (χ1n) is 8.65. The molecule has 4 rings (SSSR count). The Morgan fingerprint density at radius 2 is 1.83 bits per heavy atom. The molecule has 1 amide bonds. The van der Waals surface area contributed by atoms with Gasteiger partial charge in [-0.25, -0.2) is 4.98 Å². The fourth-order valence-corrected chi connectivity index (χ4v) is 4.20. The third-order valence-corrected chi connectivity index (χ3v) is 5.57. The maximum atomic E-state index is 12.5. The number of halogens is 1. The lowest BCUT2D eigenvalue weighted by Crippen LogP contribution is -2.40. The topological polar surface area (TPSA) is 45.7 Å². The second kappa shape index (κ2) is 6.73. The molecule has 1 aromatic rings. The summed E-state index contributed by atoms with van der Waals surface area (Å²) in [5, 5.41) is 0.570. The second-order valence-electron chi connectivity index (χ2n) is 6.80. The van der Waals surface area contributed by atoms with Crippen LogP contribution in [0.15, 0.2) is 24.4 Å². The zero-order valence-corrected chi connectivity index (χ0v) is 14.4. The molecule has 2 aliphatic heterocycles. The first kappa shape index (κ1) is 15.9. The van der Waals surface area contributed by atoms with Gasteiger partial charge in [0.05, 0.1) is 23.8 Å². The number of amides is 1. The monoisotopic (exact) mass is 347 g/mol. The molecule has 2 fully saturated rings. The number of rotatable bonds is 2. The summed E-state index contributed by atoms with van der Waals surface area (Å²) in [5.41, 5.74) is 0.559. The van der Waals surface area contributed by atoms with E-state index in [1.165, 1.54) is 0 Å². The molecule has 3 aliphatic rings. The third kappa shape index (κ3) is 3.03. The molecule has 0 N–H and O–H groups in total. The molecule has 128 valence electrons. The standard InChI is InChI=1S/C18H22ClN3O2/c19-16-9-15(18(23)21-5-7-24-8-6-21)10-20-17(16)22-11-13-3-1-2-4-14(13)12-22/h1-2,9-10,13-14H,3-8,11-12H2. The fourth-order valence-electron chi connectivity index (χ4n) is 3.92. The van der Waals surface area contributed by atoms with E-state index in [4.69, 9.17) is 16.3 Å². The Kier molecular flexibility index (Phi) is 4.46. The minimum Gasteiger partial charge on any atom is -0.378 e. The van der Waals surface area contributed by atoms with E-state index in [1.807, 2.05) is 0 Å². The molecule has 0 aromatic carbocycles. The Morgan fingerprint density at radius 1 is 1.17 bits per heavy atom. The van der Waals surface area contributed by atoms with Crippen molar-refractivity contribution >= 4 is 23.3 Å². The Labute approximate surface area is 147 Å². The molecule has 0 bridgehead atoms. The van der Waals surface area contributed by atoms with Crippen LogP contribution in [0.4, 0.5) is 5.82 Å². The predicted octanol–water partition coefficient (Wildman–Crippen LogP) is 2.61. The number of pyridine rings is 1. The van der Waals surface area contributed by atoms with Crippen LogP contribution >= 0.6 is 11.6 Å². The van der Waals surface area contributed by atoms with E-state index in [1.54, 1.807) is 17.2 Å². The number of nitrogens with zero attached hydrogens (tertiary/aromatic N) is 3. The van der Waals surface area contributed by atoms with Gasteiger partial charge in [-0.1, -0.05) is 23.8 Å². The van der Waals surface area contributed by atoms with Crippen molar-refractivity contribution in [1.29, 1.82) is 0 Å². The zero-order chi connectivity index (χ0) is 16.5. The normalized spacial score (nSPS) is 26.5. The van der Waals surface area contributed by atoms with Crippen molar-refractivity contribution in [1.82, 2.24) is 9.88 Å². The van der Waals surface area contributed by atoms with Crippen LogP contribution in [-0.2, 0) is 4.74 Å². The van der Waals surface area contributed by atoms with Crippen LogP contribution in [0.2, 0.25) is 5.02 Å². The van der Waals surface area contributed by atoms with Crippen LogP contribution in [0.1, 0.15) is 23.2 Å². The maximum Gasteiger partial charge on any atom is 0.255 e. The molecule has 2 atom stereocenters. The molecule has 6 heteroatoms. The Bertz CT molecular complexity index is 642. The van der Waals surface area contributed by atoms with E-state index in [-0.39, 0.29) is 5.91 Å². The number of ether oxygens (including phenoxy) is 1. The number of morpholine rings is 1. The van der Waals surface area contributed by atoms with E-state index < -0.39 is 0 Å². The lowest BCUT2D eigenvalue weighted by atomic mass is 9.86. The number of carbonyl (C=O) groups is 1. The van der Waals surface area contributed by atoms with Crippen molar-refractivity contribution in [2.24, 2.45) is 11.8 Å². The second-order valence-corrected chi connectivity index (χ2v) is 7.21. The van der Waals surface area contributed by atoms with Crippen molar-refractivity contribution < 1.29 is 9.53 Å². The minimum atomic E-state index is -0.0152. The summed E-state index contributed by atoms with van der Waals surface area (Å²) in [5.74, 6) is 2.19. The number of hydrogen-bond acceptors (Lipinski definition) is 4. The van der Waals surface area contributed by atoms with Gasteiger partial charge >= 0.3 is 0 Å². The van der Waals surface area contributed by atoms with Gasteiger partial charge < -0.3 is 14.5 Å². The highest BCUT2D eigenvalue weighted by Crippen LogP contribution is 2.37. The summed E-state index contributed by atoms with van der Waals surface area (Å²) in [6.07, 6.45) is 8.52. The first-order chi connectivity index (χ1) is 11.7. The third-order valence-electron chi connectivity index (χ3n) is 5.29. The molecule has 0 saturated carbocycles. The van der Waals surface area contributed by atoms with Crippen molar-refractivity contribution in [3.8, 4) is 0 Å². The molecule has 24 heavy (non-hydrogen) atoms. The van der Waals surface area contributed by atoms with Crippen LogP contribution < -0.4 is 4.90 Å². The SMILES string of the molecule is O=C(c1cnc(N2CC3CC=CCC3C2)c(Cl)c1)N1CCOCC1. The van der Waals surface area contributed by atoms with Gasteiger partial charge in [-0.05, 0) is 30.7 Å². The van der Waals surface area contributed by atoms with Crippen LogP contribution in [0.5, 0.6) is 0 Å². The molecular weight excluding hydrogens is 326 g/mol. The average molecular weight is 348 g/mol. The number of allylic oxidation sites excluding steroid dienone is 2. The highest BCUT2D eigenvalue weighted by atomic mass is 35.5. The minimum absolute atomic E-state index is 0.0152. The number of hydrogen-bond donors (Lipinski definition) is 0. The predicted molar refractivity (Wildman–Crippen MR) is 93.5 cm³/mol. The van der Waals surface area contributed by atoms with Crippen LogP contribution in [0.3, 0.4) is 0 Å². The lowest BCUT2D eigenvalue weighted by molar-refractivity contribution is 0.0302. The summed E-state index contributed by atoms with van der Waals surface area (Å²) >= 11 is 6.47. The Hall–Kier alpha value is -1.59. The van der Waals surface area contributed by atoms with Crippen molar-refractivity contribution in [2.45, 2.75) is 12.8 Å². The smallest absolute Gasteiger partial charge is 0.255 e. The quantitative estimate of drug-likeness (QED) is 0.771. The molecule has 0 radical (unpaired) electrons. The van der Waals surface area contributed by atoms with E-state index in [0.717, 1.165) is 31.7 Å². The number of anilines is 1. The maximum absolute atomic E-state index is 12.5. The average Bonchev–Trinajstić information content (AvgIpc) is 3.05. The van der Waals surface area contributed by atoms with Gasteiger partial charge in [0.25, 0.3) is 5.91 Å². The van der Waals surface area contributed by atoms with Gasteiger partial charge in [0.15, 0.2) is 0 Å². The highest BCUT2D eigenvalue weighted by Gasteiger charge is 2.34. The molecule has 3 heterocycles. The largest absolute Gasteiger partial charge is 0.378 e. The fraction of sp³-hybridized carbons (Fsp3) is 0.556. The summed E-state index contributed by atoms with van der Waals surface area (Å²) in [4.78, 5) is 21.1. The van der Waals surface area contributed by atoms with Crippen molar-refractivity contribution in [3.05, 3.63) is 35.0 Å².